The molecule has 0 saturated carbocycles. The van der Waals surface area contributed by atoms with Crippen molar-refractivity contribution in [2.75, 3.05) is 40.4 Å². The van der Waals surface area contributed by atoms with Crippen molar-refractivity contribution in [1.82, 2.24) is 0 Å². The molecule has 25 heavy (non-hydrogen) atoms. The summed E-state index contributed by atoms with van der Waals surface area (Å²) in [6.07, 6.45) is 0. The first-order valence-electron chi connectivity index (χ1n) is 9.12. The van der Waals surface area contributed by atoms with Gasteiger partial charge in [0.2, 0.25) is 0 Å². The third kappa shape index (κ3) is 4.53. The molecule has 0 amide bonds. The van der Waals surface area contributed by atoms with Gasteiger partial charge in [-0.15, -0.1) is 0 Å². The molecule has 2 aromatic rings. The molecule has 1 aliphatic rings. The van der Waals surface area contributed by atoms with Crippen molar-refractivity contribution in [2.45, 2.75) is 20.0 Å². The lowest BCUT2D eigenvalue weighted by Gasteiger charge is -2.30. The molecule has 0 aliphatic carbocycles. The largest absolute Gasteiger partial charge is 0.493 e. The number of rotatable bonds is 6. The number of ether oxygens (including phenoxy) is 2. The number of hydrogen-bond donors (Lipinski definition) is 2. The Balaban J connectivity index is 1.56. The van der Waals surface area contributed by atoms with E-state index in [0.29, 0.717) is 0 Å². The Morgan fingerprint density at radius 1 is 0.840 bits per heavy atom. The smallest absolute Gasteiger partial charge is 0.169 e. The van der Waals surface area contributed by atoms with E-state index in [1.54, 1.807) is 24.0 Å². The number of nitrogens with one attached hydrogen (secondary N) is 2. The summed E-state index contributed by atoms with van der Waals surface area (Å²) in [5.74, 6) is 1.70. The summed E-state index contributed by atoms with van der Waals surface area (Å²) in [6.45, 7) is 9.13. The standard InChI is InChI=1S/C21H28N2O2/c1-17-6-4-7-18(14-17)15-22-10-12-23(13-11-22)16-19-8-5-9-20(24-2)21(19)25-3/h4-9,14H,10-13,15-16H2,1-3H3/p+2. The van der Waals surface area contributed by atoms with E-state index >= 15 is 0 Å². The molecule has 0 unspecified atom stereocenters. The number of benzene rings is 2. The Hall–Kier alpha value is -2.04. The van der Waals surface area contributed by atoms with Crippen LogP contribution in [0.1, 0.15) is 16.7 Å². The highest BCUT2D eigenvalue weighted by molar-refractivity contribution is 5.46. The minimum absolute atomic E-state index is 0.822. The zero-order valence-electron chi connectivity index (χ0n) is 15.6. The summed E-state index contributed by atoms with van der Waals surface area (Å²) in [5, 5.41) is 0. The summed E-state index contributed by atoms with van der Waals surface area (Å²) in [7, 11) is 3.42. The van der Waals surface area contributed by atoms with Crippen LogP contribution in [-0.4, -0.2) is 40.4 Å². The molecule has 1 heterocycles. The van der Waals surface area contributed by atoms with Crippen molar-refractivity contribution in [3.63, 3.8) is 0 Å². The van der Waals surface area contributed by atoms with Crippen LogP contribution >= 0.6 is 0 Å². The molecule has 1 aliphatic heterocycles. The topological polar surface area (TPSA) is 27.3 Å². The first-order valence-corrected chi connectivity index (χ1v) is 9.12. The van der Waals surface area contributed by atoms with Crippen molar-refractivity contribution in [2.24, 2.45) is 0 Å². The van der Waals surface area contributed by atoms with E-state index in [1.807, 2.05) is 6.07 Å². The second-order valence-corrected chi connectivity index (χ2v) is 7.00. The second-order valence-electron chi connectivity index (χ2n) is 7.00. The molecule has 1 fully saturated rings. The molecular weight excluding hydrogens is 312 g/mol. The Kier molecular flexibility index (Phi) is 5.95. The lowest BCUT2D eigenvalue weighted by molar-refractivity contribution is -1.02. The van der Waals surface area contributed by atoms with Gasteiger partial charge < -0.3 is 19.3 Å². The molecule has 3 rings (SSSR count). The lowest BCUT2D eigenvalue weighted by atomic mass is 10.1. The SMILES string of the molecule is COc1cccc(C[NH+]2CC[NH+](Cc3cccc(C)c3)CC2)c1OC. The number of hydrogen-bond acceptors (Lipinski definition) is 2. The molecule has 0 aromatic heterocycles. The number of piperazine rings is 1. The molecule has 2 aromatic carbocycles. The van der Waals surface area contributed by atoms with Gasteiger partial charge in [-0.3, -0.25) is 0 Å². The summed E-state index contributed by atoms with van der Waals surface area (Å²) >= 11 is 0. The first kappa shape index (κ1) is 17.8. The van der Waals surface area contributed by atoms with Crippen molar-refractivity contribution < 1.29 is 19.3 Å². The van der Waals surface area contributed by atoms with Crippen LogP contribution in [0, 0.1) is 6.92 Å². The highest BCUT2D eigenvalue weighted by atomic mass is 16.5. The van der Waals surface area contributed by atoms with Crippen LogP contribution in [0.3, 0.4) is 0 Å². The maximum atomic E-state index is 5.58. The maximum Gasteiger partial charge on any atom is 0.169 e. The van der Waals surface area contributed by atoms with Gasteiger partial charge in [0.1, 0.15) is 39.3 Å². The molecule has 0 bridgehead atoms. The molecule has 0 atom stereocenters. The third-order valence-corrected chi connectivity index (χ3v) is 5.13. The predicted molar refractivity (Wildman–Crippen MR) is 99.5 cm³/mol. The van der Waals surface area contributed by atoms with Crippen LogP contribution in [0.15, 0.2) is 42.5 Å². The minimum atomic E-state index is 0.822. The average Bonchev–Trinajstić information content (AvgIpc) is 2.63. The number of quaternary nitrogens is 2. The third-order valence-electron chi connectivity index (χ3n) is 5.13. The lowest BCUT2D eigenvalue weighted by Crippen LogP contribution is -3.27. The van der Waals surface area contributed by atoms with Crippen LogP contribution < -0.4 is 19.3 Å². The van der Waals surface area contributed by atoms with E-state index in [-0.39, 0.29) is 0 Å². The molecule has 4 nitrogen and oxygen atoms in total. The van der Waals surface area contributed by atoms with Gasteiger partial charge in [-0.25, -0.2) is 0 Å². The van der Waals surface area contributed by atoms with Gasteiger partial charge in [-0.05, 0) is 19.1 Å². The molecule has 4 heteroatoms. The van der Waals surface area contributed by atoms with E-state index in [9.17, 15) is 0 Å². The van der Waals surface area contributed by atoms with Crippen LogP contribution in [-0.2, 0) is 13.1 Å². The molecular formula is C21H30N2O2+2. The van der Waals surface area contributed by atoms with E-state index in [0.717, 1.165) is 24.6 Å². The zero-order chi connectivity index (χ0) is 17.6. The van der Waals surface area contributed by atoms with Gasteiger partial charge in [0.05, 0.1) is 19.8 Å². The molecule has 2 N–H and O–H groups in total. The van der Waals surface area contributed by atoms with Crippen molar-refractivity contribution >= 4 is 0 Å². The van der Waals surface area contributed by atoms with Crippen molar-refractivity contribution in [3.05, 3.63) is 59.2 Å². The van der Waals surface area contributed by atoms with E-state index in [2.05, 4.69) is 43.3 Å². The summed E-state index contributed by atoms with van der Waals surface area (Å²) in [5.41, 5.74) is 4.04. The van der Waals surface area contributed by atoms with Crippen LogP contribution in [0.25, 0.3) is 0 Å². The zero-order valence-corrected chi connectivity index (χ0v) is 15.6. The minimum Gasteiger partial charge on any atom is -0.493 e. The highest BCUT2D eigenvalue weighted by Gasteiger charge is 2.24. The van der Waals surface area contributed by atoms with Crippen LogP contribution in [0.2, 0.25) is 0 Å². The molecule has 134 valence electrons. The van der Waals surface area contributed by atoms with Crippen molar-refractivity contribution in [3.8, 4) is 11.5 Å². The Morgan fingerprint density at radius 3 is 2.16 bits per heavy atom. The van der Waals surface area contributed by atoms with Crippen molar-refractivity contribution in [1.29, 1.82) is 0 Å². The van der Waals surface area contributed by atoms with E-state index in [4.69, 9.17) is 9.47 Å². The number of para-hydroxylation sites is 1. The summed E-state index contributed by atoms with van der Waals surface area (Å²) in [6, 6.07) is 15.1. The molecule has 0 spiro atoms. The van der Waals surface area contributed by atoms with Gasteiger partial charge in [0.15, 0.2) is 11.5 Å². The van der Waals surface area contributed by atoms with Crippen LogP contribution in [0.4, 0.5) is 0 Å². The monoisotopic (exact) mass is 342 g/mol. The summed E-state index contributed by atoms with van der Waals surface area (Å²) in [4.78, 5) is 3.31. The van der Waals surface area contributed by atoms with Gasteiger partial charge >= 0.3 is 0 Å². The molecule has 0 radical (unpaired) electrons. The maximum absolute atomic E-state index is 5.58. The fraction of sp³-hybridized carbons (Fsp3) is 0.429. The molecule has 1 saturated heterocycles. The van der Waals surface area contributed by atoms with Gasteiger partial charge in [0, 0.05) is 5.56 Å². The van der Waals surface area contributed by atoms with E-state index in [1.165, 1.54) is 42.9 Å². The number of aryl methyl sites for hydroxylation is 1. The Bertz CT molecular complexity index is 694. The van der Waals surface area contributed by atoms with Crippen LogP contribution in [0.5, 0.6) is 11.5 Å². The second kappa shape index (κ2) is 8.37. The predicted octanol–water partition coefficient (Wildman–Crippen LogP) is 0.496. The Labute approximate surface area is 151 Å². The highest BCUT2D eigenvalue weighted by Crippen LogP contribution is 2.30. The normalized spacial score (nSPS) is 20.3. The quantitative estimate of drug-likeness (QED) is 0.800. The fourth-order valence-corrected chi connectivity index (χ4v) is 3.78. The number of methoxy groups -OCH3 is 2. The van der Waals surface area contributed by atoms with E-state index < -0.39 is 0 Å². The Morgan fingerprint density at radius 2 is 1.52 bits per heavy atom. The summed E-state index contributed by atoms with van der Waals surface area (Å²) < 4.78 is 11.0. The van der Waals surface area contributed by atoms with Gasteiger partial charge in [0.25, 0.3) is 0 Å². The van der Waals surface area contributed by atoms with Gasteiger partial charge in [-0.2, -0.15) is 0 Å². The average molecular weight is 342 g/mol. The van der Waals surface area contributed by atoms with Gasteiger partial charge in [-0.1, -0.05) is 35.9 Å². The fourth-order valence-electron chi connectivity index (χ4n) is 3.78. The first-order chi connectivity index (χ1) is 12.2.